The second kappa shape index (κ2) is 6.87. The molecule has 0 radical (unpaired) electrons. The molecular formula is C15H24N4O2. The number of rotatable bonds is 5. The van der Waals surface area contributed by atoms with Gasteiger partial charge in [-0.1, -0.05) is 0 Å². The van der Waals surface area contributed by atoms with E-state index in [1.165, 1.54) is 5.56 Å². The molecule has 1 saturated heterocycles. The van der Waals surface area contributed by atoms with Crippen molar-refractivity contribution < 1.29 is 9.90 Å². The monoisotopic (exact) mass is 292 g/mol. The highest BCUT2D eigenvalue weighted by atomic mass is 16.3. The molecule has 1 aliphatic rings. The van der Waals surface area contributed by atoms with Crippen LogP contribution in [-0.2, 0) is 11.3 Å². The normalized spacial score (nSPS) is 18.4. The predicted molar refractivity (Wildman–Crippen MR) is 81.8 cm³/mol. The third-order valence-corrected chi connectivity index (χ3v) is 4.04. The van der Waals surface area contributed by atoms with Crippen LogP contribution < -0.4 is 10.6 Å². The SMILES string of the molecule is CN(C)c1cc(CN2CCC([C@@H](O)C(N)=O)CC2)ccn1. The van der Waals surface area contributed by atoms with Gasteiger partial charge in [0.05, 0.1) is 0 Å². The molecule has 0 aromatic carbocycles. The molecule has 0 bridgehead atoms. The number of nitrogens with two attached hydrogens (primary N) is 1. The lowest BCUT2D eigenvalue weighted by atomic mass is 9.91. The molecule has 2 heterocycles. The second-order valence-electron chi connectivity index (χ2n) is 5.88. The number of aliphatic hydroxyl groups excluding tert-OH is 1. The quantitative estimate of drug-likeness (QED) is 0.810. The van der Waals surface area contributed by atoms with Gasteiger partial charge < -0.3 is 15.7 Å². The van der Waals surface area contributed by atoms with Crippen molar-refractivity contribution in [2.45, 2.75) is 25.5 Å². The van der Waals surface area contributed by atoms with E-state index in [4.69, 9.17) is 5.73 Å². The number of nitrogens with zero attached hydrogens (tertiary/aromatic N) is 3. The fraction of sp³-hybridized carbons (Fsp3) is 0.600. The minimum atomic E-state index is -1.01. The number of piperidine rings is 1. The summed E-state index contributed by atoms with van der Waals surface area (Å²) in [7, 11) is 3.95. The molecule has 2 rings (SSSR count). The molecule has 21 heavy (non-hydrogen) atoms. The van der Waals surface area contributed by atoms with Gasteiger partial charge in [0.2, 0.25) is 5.91 Å². The van der Waals surface area contributed by atoms with Crippen molar-refractivity contribution in [2.24, 2.45) is 11.7 Å². The number of hydrogen-bond acceptors (Lipinski definition) is 5. The Bertz CT molecular complexity index is 484. The molecule has 3 N–H and O–H groups in total. The van der Waals surface area contributed by atoms with Crippen LogP contribution >= 0.6 is 0 Å². The third kappa shape index (κ3) is 4.15. The average Bonchev–Trinajstić information content (AvgIpc) is 2.47. The number of carbonyl (C=O) groups excluding carboxylic acids is 1. The van der Waals surface area contributed by atoms with Gasteiger partial charge in [-0.25, -0.2) is 4.98 Å². The fourth-order valence-corrected chi connectivity index (χ4v) is 2.72. The third-order valence-electron chi connectivity index (χ3n) is 4.04. The van der Waals surface area contributed by atoms with E-state index in [0.29, 0.717) is 0 Å². The van der Waals surface area contributed by atoms with E-state index >= 15 is 0 Å². The van der Waals surface area contributed by atoms with Gasteiger partial charge in [-0.05, 0) is 49.5 Å². The molecule has 6 nitrogen and oxygen atoms in total. The number of primary amides is 1. The number of aromatic nitrogens is 1. The summed E-state index contributed by atoms with van der Waals surface area (Å²) >= 11 is 0. The Balaban J connectivity index is 1.89. The van der Waals surface area contributed by atoms with Crippen LogP contribution in [0.1, 0.15) is 18.4 Å². The summed E-state index contributed by atoms with van der Waals surface area (Å²) in [4.78, 5) is 19.6. The molecule has 6 heteroatoms. The molecule has 0 aliphatic carbocycles. The lowest BCUT2D eigenvalue weighted by Crippen LogP contribution is -2.42. The van der Waals surface area contributed by atoms with Gasteiger partial charge in [0, 0.05) is 26.8 Å². The summed E-state index contributed by atoms with van der Waals surface area (Å²) in [6.45, 7) is 2.60. The number of aliphatic hydroxyl groups is 1. The zero-order chi connectivity index (χ0) is 15.4. The molecule has 116 valence electrons. The number of carbonyl (C=O) groups is 1. The van der Waals surface area contributed by atoms with Crippen LogP contribution in [0.3, 0.4) is 0 Å². The Labute approximate surface area is 125 Å². The molecule has 1 aliphatic heterocycles. The maximum atomic E-state index is 11.0. The zero-order valence-electron chi connectivity index (χ0n) is 12.7. The van der Waals surface area contributed by atoms with Gasteiger partial charge in [0.25, 0.3) is 0 Å². The van der Waals surface area contributed by atoms with Crippen molar-refractivity contribution in [1.82, 2.24) is 9.88 Å². The zero-order valence-corrected chi connectivity index (χ0v) is 12.7. The topological polar surface area (TPSA) is 82.7 Å². The summed E-state index contributed by atoms with van der Waals surface area (Å²) in [5.41, 5.74) is 6.38. The number of likely N-dealkylation sites (tertiary alicyclic amines) is 1. The molecule has 1 aromatic rings. The summed E-state index contributed by atoms with van der Waals surface area (Å²) in [5.74, 6) is 0.332. The summed E-state index contributed by atoms with van der Waals surface area (Å²) < 4.78 is 0. The van der Waals surface area contributed by atoms with E-state index in [1.54, 1.807) is 0 Å². The number of anilines is 1. The van der Waals surface area contributed by atoms with Crippen molar-refractivity contribution in [3.05, 3.63) is 23.9 Å². The number of hydrogen-bond donors (Lipinski definition) is 2. The van der Waals surface area contributed by atoms with Crippen molar-refractivity contribution in [3.8, 4) is 0 Å². The Morgan fingerprint density at radius 3 is 2.76 bits per heavy atom. The minimum absolute atomic E-state index is 0.00599. The van der Waals surface area contributed by atoms with Crippen molar-refractivity contribution in [3.63, 3.8) is 0 Å². The fourth-order valence-electron chi connectivity index (χ4n) is 2.72. The Morgan fingerprint density at radius 2 is 2.19 bits per heavy atom. The molecule has 0 unspecified atom stereocenters. The minimum Gasteiger partial charge on any atom is -0.383 e. The molecule has 1 aromatic heterocycles. The highest BCUT2D eigenvalue weighted by molar-refractivity contribution is 5.78. The predicted octanol–water partition coefficient (Wildman–Crippen LogP) is 0.206. The Hall–Kier alpha value is -1.66. The van der Waals surface area contributed by atoms with E-state index < -0.39 is 12.0 Å². The van der Waals surface area contributed by atoms with Crippen LogP contribution in [0.25, 0.3) is 0 Å². The van der Waals surface area contributed by atoms with Gasteiger partial charge in [-0.2, -0.15) is 0 Å². The molecule has 1 atom stereocenters. The van der Waals surface area contributed by atoms with Gasteiger partial charge in [-0.15, -0.1) is 0 Å². The molecule has 1 amide bonds. The van der Waals surface area contributed by atoms with Crippen LogP contribution in [0.5, 0.6) is 0 Å². The summed E-state index contributed by atoms with van der Waals surface area (Å²) in [6, 6.07) is 4.11. The van der Waals surface area contributed by atoms with Gasteiger partial charge in [-0.3, -0.25) is 9.69 Å². The van der Waals surface area contributed by atoms with Crippen LogP contribution in [0.4, 0.5) is 5.82 Å². The van der Waals surface area contributed by atoms with E-state index in [2.05, 4.69) is 16.0 Å². The van der Waals surface area contributed by atoms with Crippen molar-refractivity contribution >= 4 is 11.7 Å². The van der Waals surface area contributed by atoms with Gasteiger partial charge in [0.1, 0.15) is 11.9 Å². The lowest BCUT2D eigenvalue weighted by molar-refractivity contribution is -0.129. The van der Waals surface area contributed by atoms with E-state index in [-0.39, 0.29) is 5.92 Å². The second-order valence-corrected chi connectivity index (χ2v) is 5.88. The van der Waals surface area contributed by atoms with E-state index in [9.17, 15) is 9.90 Å². The number of amides is 1. The lowest BCUT2D eigenvalue weighted by Gasteiger charge is -2.33. The van der Waals surface area contributed by atoms with Crippen molar-refractivity contribution in [2.75, 3.05) is 32.1 Å². The highest BCUT2D eigenvalue weighted by Gasteiger charge is 2.28. The first-order valence-corrected chi connectivity index (χ1v) is 7.29. The molecule has 0 saturated carbocycles. The van der Waals surface area contributed by atoms with Gasteiger partial charge >= 0.3 is 0 Å². The maximum Gasteiger partial charge on any atom is 0.246 e. The average molecular weight is 292 g/mol. The smallest absolute Gasteiger partial charge is 0.246 e. The van der Waals surface area contributed by atoms with E-state index in [0.717, 1.165) is 38.3 Å². The van der Waals surface area contributed by atoms with Crippen LogP contribution in [-0.4, -0.2) is 54.2 Å². The summed E-state index contributed by atoms with van der Waals surface area (Å²) in [5, 5.41) is 9.72. The van der Waals surface area contributed by atoms with Crippen LogP contribution in [0, 0.1) is 5.92 Å². The largest absolute Gasteiger partial charge is 0.383 e. The standard InChI is InChI=1S/C15H24N4O2/c1-18(2)13-9-11(3-6-17-13)10-19-7-4-12(5-8-19)14(20)15(16)21/h3,6,9,12,14,20H,4-5,7-8,10H2,1-2H3,(H2,16,21)/t14-/m1/s1. The first-order valence-electron chi connectivity index (χ1n) is 7.29. The van der Waals surface area contributed by atoms with Crippen LogP contribution in [0.2, 0.25) is 0 Å². The summed E-state index contributed by atoms with van der Waals surface area (Å²) in [6.07, 6.45) is 2.42. The highest BCUT2D eigenvalue weighted by Crippen LogP contribution is 2.22. The molecular weight excluding hydrogens is 268 g/mol. The first kappa shape index (κ1) is 15.7. The number of pyridine rings is 1. The van der Waals surface area contributed by atoms with Crippen LogP contribution in [0.15, 0.2) is 18.3 Å². The van der Waals surface area contributed by atoms with Gasteiger partial charge in [0.15, 0.2) is 0 Å². The van der Waals surface area contributed by atoms with Crippen molar-refractivity contribution in [1.29, 1.82) is 0 Å². The maximum absolute atomic E-state index is 11.0. The molecule has 0 spiro atoms. The van der Waals surface area contributed by atoms with E-state index in [1.807, 2.05) is 31.3 Å². The molecule has 1 fully saturated rings. The Kier molecular flexibility index (Phi) is 5.14. The Morgan fingerprint density at radius 1 is 1.52 bits per heavy atom. The first-order chi connectivity index (χ1) is 9.97.